The molecule has 0 aliphatic carbocycles. The fourth-order valence-electron chi connectivity index (χ4n) is 3.33. The zero-order valence-electron chi connectivity index (χ0n) is 15.4. The maximum absolute atomic E-state index is 6.03. The van der Waals surface area contributed by atoms with Crippen molar-refractivity contribution in [2.45, 2.75) is 19.8 Å². The molecule has 0 spiro atoms. The molecule has 0 aromatic heterocycles. The van der Waals surface area contributed by atoms with E-state index in [2.05, 4.69) is 64.6 Å². The maximum atomic E-state index is 6.03. The molecule has 26 heavy (non-hydrogen) atoms. The smallest absolute Gasteiger partial charge is 0.193 e. The highest BCUT2D eigenvalue weighted by atomic mass is 127. The maximum Gasteiger partial charge on any atom is 0.193 e. The van der Waals surface area contributed by atoms with Crippen LogP contribution in [0.5, 0.6) is 0 Å². The highest BCUT2D eigenvalue weighted by Gasteiger charge is 2.21. The van der Waals surface area contributed by atoms with E-state index >= 15 is 0 Å². The molecule has 0 bridgehead atoms. The Kier molecular flexibility index (Phi) is 8.38. The van der Waals surface area contributed by atoms with Gasteiger partial charge in [-0.05, 0) is 55.5 Å². The van der Waals surface area contributed by atoms with Crippen molar-refractivity contribution in [1.82, 2.24) is 4.90 Å². The Morgan fingerprint density at radius 1 is 1.19 bits per heavy atom. The first kappa shape index (κ1) is 20.7. The summed E-state index contributed by atoms with van der Waals surface area (Å²) in [5.74, 6) is 1.11. The number of guanidine groups is 1. The molecule has 3 N–H and O–H groups in total. The molecular weight excluding hydrogens is 435 g/mol. The highest BCUT2D eigenvalue weighted by molar-refractivity contribution is 14.0. The van der Waals surface area contributed by atoms with Crippen LogP contribution in [0.4, 0.5) is 5.69 Å². The molecule has 1 saturated heterocycles. The molecule has 0 radical (unpaired) electrons. The summed E-state index contributed by atoms with van der Waals surface area (Å²) in [5, 5.41) is 3.18. The fraction of sp³-hybridized carbons (Fsp3) is 0.381. The van der Waals surface area contributed by atoms with E-state index in [9.17, 15) is 0 Å². The van der Waals surface area contributed by atoms with Gasteiger partial charge in [-0.15, -0.1) is 24.0 Å². The molecule has 3 rings (SSSR count). The number of anilines is 1. The number of hydrogen-bond donors (Lipinski definition) is 2. The van der Waals surface area contributed by atoms with Crippen LogP contribution in [0.15, 0.2) is 59.6 Å². The number of nitrogens with two attached hydrogens (primary N) is 1. The van der Waals surface area contributed by atoms with E-state index in [4.69, 9.17) is 5.73 Å². The van der Waals surface area contributed by atoms with Gasteiger partial charge in [-0.25, -0.2) is 0 Å². The molecule has 1 heterocycles. The molecule has 2 aromatic carbocycles. The van der Waals surface area contributed by atoms with Gasteiger partial charge in [0.15, 0.2) is 5.96 Å². The summed E-state index contributed by atoms with van der Waals surface area (Å²) in [6, 6.07) is 18.9. The van der Waals surface area contributed by atoms with Gasteiger partial charge in [-0.3, -0.25) is 4.99 Å². The van der Waals surface area contributed by atoms with Crippen LogP contribution < -0.4 is 11.1 Å². The largest absolute Gasteiger partial charge is 0.370 e. The molecule has 5 heteroatoms. The molecule has 2 aromatic rings. The van der Waals surface area contributed by atoms with Crippen molar-refractivity contribution in [3.63, 3.8) is 0 Å². The molecule has 4 nitrogen and oxygen atoms in total. The second kappa shape index (κ2) is 10.5. The molecule has 1 atom stereocenters. The summed E-state index contributed by atoms with van der Waals surface area (Å²) in [6.07, 6.45) is 2.32. The van der Waals surface area contributed by atoms with Gasteiger partial charge in [0.1, 0.15) is 0 Å². The summed E-state index contributed by atoms with van der Waals surface area (Å²) >= 11 is 0. The van der Waals surface area contributed by atoms with Crippen molar-refractivity contribution < 1.29 is 0 Å². The minimum atomic E-state index is 0. The van der Waals surface area contributed by atoms with E-state index in [1.54, 1.807) is 0 Å². The van der Waals surface area contributed by atoms with Crippen LogP contribution >= 0.6 is 24.0 Å². The Balaban J connectivity index is 0.00000243. The van der Waals surface area contributed by atoms with Gasteiger partial charge in [-0.2, -0.15) is 0 Å². The van der Waals surface area contributed by atoms with Crippen LogP contribution in [-0.4, -0.2) is 37.0 Å². The van der Waals surface area contributed by atoms with Crippen LogP contribution in [0, 0.1) is 12.8 Å². The Bertz CT molecular complexity index is 702. The number of aryl methyl sites for hydroxylation is 1. The Labute approximate surface area is 173 Å². The van der Waals surface area contributed by atoms with Crippen molar-refractivity contribution in [3.8, 4) is 0 Å². The molecule has 1 fully saturated rings. The van der Waals surface area contributed by atoms with E-state index in [0.717, 1.165) is 38.3 Å². The zero-order chi connectivity index (χ0) is 17.5. The number of halogens is 1. The summed E-state index contributed by atoms with van der Waals surface area (Å²) in [6.45, 7) is 6.28. The monoisotopic (exact) mass is 464 g/mol. The predicted molar refractivity (Wildman–Crippen MR) is 121 cm³/mol. The third kappa shape index (κ3) is 6.61. The van der Waals surface area contributed by atoms with Crippen LogP contribution in [0.25, 0.3) is 0 Å². The molecule has 0 saturated carbocycles. The first-order valence-corrected chi connectivity index (χ1v) is 9.09. The normalized spacial score (nSPS) is 17.7. The van der Waals surface area contributed by atoms with Gasteiger partial charge in [0, 0.05) is 25.3 Å². The van der Waals surface area contributed by atoms with E-state index < -0.39 is 0 Å². The SMILES string of the molecule is Cc1cccc(NC(N)=NCC2CCN(CCc3ccccc3)C2)c1.I. The van der Waals surface area contributed by atoms with E-state index in [0.29, 0.717) is 11.9 Å². The van der Waals surface area contributed by atoms with E-state index in [1.807, 2.05) is 12.1 Å². The summed E-state index contributed by atoms with van der Waals surface area (Å²) in [5.41, 5.74) is 9.65. The van der Waals surface area contributed by atoms with Crippen LogP contribution in [0.2, 0.25) is 0 Å². The lowest BCUT2D eigenvalue weighted by molar-refractivity contribution is 0.330. The minimum absolute atomic E-state index is 0. The number of likely N-dealkylation sites (tertiary alicyclic amines) is 1. The fourth-order valence-corrected chi connectivity index (χ4v) is 3.33. The molecular formula is C21H29IN4. The number of nitrogens with one attached hydrogen (secondary N) is 1. The van der Waals surface area contributed by atoms with Gasteiger partial charge in [0.05, 0.1) is 0 Å². The molecule has 140 valence electrons. The second-order valence-electron chi connectivity index (χ2n) is 6.91. The van der Waals surface area contributed by atoms with Gasteiger partial charge in [-0.1, -0.05) is 42.5 Å². The minimum Gasteiger partial charge on any atom is -0.370 e. The second-order valence-corrected chi connectivity index (χ2v) is 6.91. The third-order valence-corrected chi connectivity index (χ3v) is 4.74. The predicted octanol–water partition coefficient (Wildman–Crippen LogP) is 3.90. The number of nitrogens with zero attached hydrogens (tertiary/aromatic N) is 2. The number of aliphatic imine (C=N–C) groups is 1. The van der Waals surface area contributed by atoms with E-state index in [1.165, 1.54) is 17.5 Å². The average molecular weight is 464 g/mol. The quantitative estimate of drug-likeness (QED) is 0.388. The first-order chi connectivity index (χ1) is 12.2. The number of hydrogen-bond acceptors (Lipinski definition) is 2. The van der Waals surface area contributed by atoms with Crippen LogP contribution in [0.1, 0.15) is 17.5 Å². The van der Waals surface area contributed by atoms with Gasteiger partial charge < -0.3 is 16.0 Å². The third-order valence-electron chi connectivity index (χ3n) is 4.74. The standard InChI is InChI=1S/C21H28N4.HI/c1-17-6-5-9-20(14-17)24-21(22)23-15-19-11-13-25(16-19)12-10-18-7-3-2-4-8-18;/h2-9,14,19H,10-13,15-16H2,1H3,(H3,22,23,24);1H. The molecule has 1 unspecified atom stereocenters. The summed E-state index contributed by atoms with van der Waals surface area (Å²) in [7, 11) is 0. The van der Waals surface area contributed by atoms with Crippen molar-refractivity contribution >= 4 is 35.6 Å². The molecule has 0 amide bonds. The molecule has 1 aliphatic heterocycles. The number of benzene rings is 2. The zero-order valence-corrected chi connectivity index (χ0v) is 17.7. The van der Waals surface area contributed by atoms with Gasteiger partial charge >= 0.3 is 0 Å². The lowest BCUT2D eigenvalue weighted by atomic mass is 10.1. The van der Waals surface area contributed by atoms with Crippen molar-refractivity contribution in [2.75, 3.05) is 31.5 Å². The Hall–Kier alpha value is -1.60. The lowest BCUT2D eigenvalue weighted by Crippen LogP contribution is -2.26. The first-order valence-electron chi connectivity index (χ1n) is 9.09. The lowest BCUT2D eigenvalue weighted by Gasteiger charge is -2.15. The highest BCUT2D eigenvalue weighted by Crippen LogP contribution is 2.17. The van der Waals surface area contributed by atoms with Crippen molar-refractivity contribution in [3.05, 3.63) is 65.7 Å². The van der Waals surface area contributed by atoms with Gasteiger partial charge in [0.2, 0.25) is 0 Å². The molecule has 1 aliphatic rings. The summed E-state index contributed by atoms with van der Waals surface area (Å²) < 4.78 is 0. The van der Waals surface area contributed by atoms with E-state index in [-0.39, 0.29) is 24.0 Å². The Morgan fingerprint density at radius 2 is 2.00 bits per heavy atom. The number of rotatable bonds is 6. The van der Waals surface area contributed by atoms with Crippen molar-refractivity contribution in [2.24, 2.45) is 16.6 Å². The van der Waals surface area contributed by atoms with Crippen molar-refractivity contribution in [1.29, 1.82) is 0 Å². The average Bonchev–Trinajstić information content (AvgIpc) is 3.07. The topological polar surface area (TPSA) is 53.6 Å². The summed E-state index contributed by atoms with van der Waals surface area (Å²) in [4.78, 5) is 7.08. The van der Waals surface area contributed by atoms with Gasteiger partial charge in [0.25, 0.3) is 0 Å². The van der Waals surface area contributed by atoms with Crippen LogP contribution in [0.3, 0.4) is 0 Å². The Morgan fingerprint density at radius 3 is 2.77 bits per heavy atom. The van der Waals surface area contributed by atoms with Crippen LogP contribution in [-0.2, 0) is 6.42 Å².